The third kappa shape index (κ3) is 4.02. The summed E-state index contributed by atoms with van der Waals surface area (Å²) in [4.78, 5) is 0. The number of rotatable bonds is 7. The molecule has 2 rings (SSSR count). The van der Waals surface area contributed by atoms with Crippen LogP contribution in [-0.2, 0) is 13.1 Å². The van der Waals surface area contributed by atoms with E-state index < -0.39 is 0 Å². The highest BCUT2D eigenvalue weighted by atomic mass is 32.2. The standard InChI is InChI=1S/C16H24N2S/c1-13(2)17-12-14-5-6-16-15(11-14)7-9-18(16)8-4-10-19-3/h5-7,9,11,13,17H,4,8,10,12H2,1-3H3. The summed E-state index contributed by atoms with van der Waals surface area (Å²) in [6, 6.07) is 9.56. The molecule has 0 unspecified atom stereocenters. The van der Waals surface area contributed by atoms with E-state index in [0.717, 1.165) is 13.1 Å². The van der Waals surface area contributed by atoms with E-state index >= 15 is 0 Å². The van der Waals surface area contributed by atoms with Gasteiger partial charge >= 0.3 is 0 Å². The summed E-state index contributed by atoms with van der Waals surface area (Å²) in [7, 11) is 0. The molecule has 0 saturated carbocycles. The first-order valence-electron chi connectivity index (χ1n) is 7.01. The average molecular weight is 276 g/mol. The van der Waals surface area contributed by atoms with Gasteiger partial charge in [0.05, 0.1) is 0 Å². The first kappa shape index (κ1) is 14.5. The van der Waals surface area contributed by atoms with E-state index in [1.54, 1.807) is 0 Å². The van der Waals surface area contributed by atoms with Gasteiger partial charge in [-0.3, -0.25) is 0 Å². The van der Waals surface area contributed by atoms with E-state index in [1.165, 1.54) is 28.6 Å². The number of aryl methyl sites for hydroxylation is 1. The molecule has 0 atom stereocenters. The summed E-state index contributed by atoms with van der Waals surface area (Å²) >= 11 is 1.92. The molecule has 1 heterocycles. The fourth-order valence-electron chi connectivity index (χ4n) is 2.26. The van der Waals surface area contributed by atoms with Gasteiger partial charge in [0.25, 0.3) is 0 Å². The highest BCUT2D eigenvalue weighted by Crippen LogP contribution is 2.18. The van der Waals surface area contributed by atoms with Crippen LogP contribution in [0.2, 0.25) is 0 Å². The first-order valence-corrected chi connectivity index (χ1v) is 8.40. The van der Waals surface area contributed by atoms with Gasteiger partial charge in [-0.15, -0.1) is 0 Å². The van der Waals surface area contributed by atoms with Gasteiger partial charge in [-0.25, -0.2) is 0 Å². The van der Waals surface area contributed by atoms with Crippen molar-refractivity contribution in [3.8, 4) is 0 Å². The SMILES string of the molecule is CSCCCn1ccc2cc(CNC(C)C)ccc21. The van der Waals surface area contributed by atoms with Gasteiger partial charge in [0, 0.05) is 30.8 Å². The number of benzene rings is 1. The van der Waals surface area contributed by atoms with Crippen molar-refractivity contribution in [1.29, 1.82) is 0 Å². The van der Waals surface area contributed by atoms with Crippen molar-refractivity contribution >= 4 is 22.7 Å². The Balaban J connectivity index is 2.08. The van der Waals surface area contributed by atoms with E-state index in [9.17, 15) is 0 Å². The van der Waals surface area contributed by atoms with Crippen molar-refractivity contribution in [2.45, 2.75) is 39.4 Å². The zero-order valence-electron chi connectivity index (χ0n) is 12.1. The lowest BCUT2D eigenvalue weighted by molar-refractivity contribution is 0.589. The lowest BCUT2D eigenvalue weighted by Crippen LogP contribution is -2.21. The maximum atomic E-state index is 3.47. The van der Waals surface area contributed by atoms with Crippen molar-refractivity contribution in [3.05, 3.63) is 36.0 Å². The Morgan fingerprint density at radius 2 is 2.11 bits per heavy atom. The minimum atomic E-state index is 0.534. The molecule has 1 N–H and O–H groups in total. The predicted octanol–water partition coefficient (Wildman–Crippen LogP) is 3.89. The zero-order chi connectivity index (χ0) is 13.7. The third-order valence-electron chi connectivity index (χ3n) is 3.30. The number of hydrogen-bond donors (Lipinski definition) is 1. The molecule has 0 amide bonds. The molecule has 2 nitrogen and oxygen atoms in total. The molecule has 2 aromatic rings. The molecule has 0 radical (unpaired) electrons. The number of aromatic nitrogens is 1. The Morgan fingerprint density at radius 3 is 2.84 bits per heavy atom. The minimum Gasteiger partial charge on any atom is -0.347 e. The summed E-state index contributed by atoms with van der Waals surface area (Å²) in [5, 5.41) is 4.82. The number of thioether (sulfide) groups is 1. The lowest BCUT2D eigenvalue weighted by atomic mass is 10.1. The lowest BCUT2D eigenvalue weighted by Gasteiger charge is -2.09. The normalized spacial score (nSPS) is 11.6. The van der Waals surface area contributed by atoms with Crippen molar-refractivity contribution in [2.75, 3.05) is 12.0 Å². The molecule has 0 bridgehead atoms. The summed E-state index contributed by atoms with van der Waals surface area (Å²) in [5.74, 6) is 1.23. The molecule has 0 aliphatic heterocycles. The minimum absolute atomic E-state index is 0.534. The molecule has 0 fully saturated rings. The van der Waals surface area contributed by atoms with E-state index in [2.05, 4.69) is 60.4 Å². The molecule has 0 aliphatic rings. The molecule has 0 saturated heterocycles. The molecule has 104 valence electrons. The average Bonchev–Trinajstić information content (AvgIpc) is 2.79. The monoisotopic (exact) mass is 276 g/mol. The van der Waals surface area contributed by atoms with E-state index in [1.807, 2.05) is 11.8 Å². The van der Waals surface area contributed by atoms with Crippen molar-refractivity contribution < 1.29 is 0 Å². The second-order valence-electron chi connectivity index (χ2n) is 5.28. The van der Waals surface area contributed by atoms with Crippen LogP contribution in [0.15, 0.2) is 30.5 Å². The number of nitrogens with one attached hydrogen (secondary N) is 1. The molecule has 0 spiro atoms. The van der Waals surface area contributed by atoms with Crippen LogP contribution in [0.4, 0.5) is 0 Å². The molecule has 3 heteroatoms. The van der Waals surface area contributed by atoms with Crippen LogP contribution in [0.1, 0.15) is 25.8 Å². The van der Waals surface area contributed by atoms with Gasteiger partial charge in [0.1, 0.15) is 0 Å². The van der Waals surface area contributed by atoms with Crippen LogP contribution >= 0.6 is 11.8 Å². The van der Waals surface area contributed by atoms with Gasteiger partial charge < -0.3 is 9.88 Å². The predicted molar refractivity (Wildman–Crippen MR) is 86.9 cm³/mol. The topological polar surface area (TPSA) is 17.0 Å². The van der Waals surface area contributed by atoms with Gasteiger partial charge in [-0.2, -0.15) is 11.8 Å². The van der Waals surface area contributed by atoms with E-state index in [4.69, 9.17) is 0 Å². The molecular formula is C16H24N2S. The number of nitrogens with zero attached hydrogens (tertiary/aromatic N) is 1. The second kappa shape index (κ2) is 7.01. The molecular weight excluding hydrogens is 252 g/mol. The first-order chi connectivity index (χ1) is 9.20. The summed E-state index contributed by atoms with van der Waals surface area (Å²) in [6.07, 6.45) is 5.62. The third-order valence-corrected chi connectivity index (χ3v) is 3.99. The quantitative estimate of drug-likeness (QED) is 0.773. The maximum Gasteiger partial charge on any atom is 0.0480 e. The Hall–Kier alpha value is -0.930. The molecule has 0 aliphatic carbocycles. The van der Waals surface area contributed by atoms with Gasteiger partial charge in [-0.1, -0.05) is 19.9 Å². The fraction of sp³-hybridized carbons (Fsp3) is 0.500. The van der Waals surface area contributed by atoms with Crippen LogP contribution < -0.4 is 5.32 Å². The number of hydrogen-bond acceptors (Lipinski definition) is 2. The molecule has 19 heavy (non-hydrogen) atoms. The summed E-state index contributed by atoms with van der Waals surface area (Å²) < 4.78 is 2.37. The second-order valence-corrected chi connectivity index (χ2v) is 6.27. The van der Waals surface area contributed by atoms with Crippen molar-refractivity contribution in [3.63, 3.8) is 0 Å². The Kier molecular flexibility index (Phi) is 5.34. The summed E-state index contributed by atoms with van der Waals surface area (Å²) in [6.45, 7) is 6.43. The van der Waals surface area contributed by atoms with Gasteiger partial charge in [-0.05, 0) is 47.6 Å². The molecule has 1 aromatic carbocycles. The highest BCUT2D eigenvalue weighted by Gasteiger charge is 2.02. The van der Waals surface area contributed by atoms with Crippen molar-refractivity contribution in [2.24, 2.45) is 0 Å². The van der Waals surface area contributed by atoms with Crippen LogP contribution in [0.25, 0.3) is 10.9 Å². The maximum absolute atomic E-state index is 3.47. The Labute approximate surface area is 120 Å². The largest absolute Gasteiger partial charge is 0.347 e. The Bertz CT molecular complexity index is 516. The smallest absolute Gasteiger partial charge is 0.0480 e. The van der Waals surface area contributed by atoms with Gasteiger partial charge in [0.2, 0.25) is 0 Å². The molecule has 1 aromatic heterocycles. The zero-order valence-corrected chi connectivity index (χ0v) is 13.0. The summed E-state index contributed by atoms with van der Waals surface area (Å²) in [5.41, 5.74) is 2.72. The van der Waals surface area contributed by atoms with Crippen LogP contribution in [0.5, 0.6) is 0 Å². The fourth-order valence-corrected chi connectivity index (χ4v) is 2.67. The van der Waals surface area contributed by atoms with Crippen molar-refractivity contribution in [1.82, 2.24) is 9.88 Å². The van der Waals surface area contributed by atoms with Gasteiger partial charge in [0.15, 0.2) is 0 Å². The van der Waals surface area contributed by atoms with Crippen LogP contribution in [0, 0.1) is 0 Å². The van der Waals surface area contributed by atoms with E-state index in [-0.39, 0.29) is 0 Å². The Morgan fingerprint density at radius 1 is 1.26 bits per heavy atom. The van der Waals surface area contributed by atoms with Crippen LogP contribution in [0.3, 0.4) is 0 Å². The number of fused-ring (bicyclic) bond motifs is 1. The van der Waals surface area contributed by atoms with Crippen LogP contribution in [-0.4, -0.2) is 22.6 Å². The highest BCUT2D eigenvalue weighted by molar-refractivity contribution is 7.98. The van der Waals surface area contributed by atoms with E-state index in [0.29, 0.717) is 6.04 Å².